The topological polar surface area (TPSA) is 58.1 Å². The standard InChI is InChI=1S/C24H40N4O2/c1-20-9-13-28(14-10-20)23(22-7-4-3-5-8-22)17-27-24(25-2)26-12-6-15-29-18-21-11-16-30-19-21/h3-5,7-8,20-21,23H,6,9-19H2,1-2H3,(H2,25,26,27). The molecule has 2 heterocycles. The van der Waals surface area contributed by atoms with E-state index in [2.05, 4.69) is 57.8 Å². The van der Waals surface area contributed by atoms with Crippen molar-refractivity contribution in [3.63, 3.8) is 0 Å². The molecule has 3 rings (SSSR count). The van der Waals surface area contributed by atoms with Crippen LogP contribution in [-0.4, -0.2) is 70.5 Å². The summed E-state index contributed by atoms with van der Waals surface area (Å²) in [6.07, 6.45) is 4.67. The van der Waals surface area contributed by atoms with Crippen molar-refractivity contribution in [2.24, 2.45) is 16.8 Å². The average Bonchev–Trinajstić information content (AvgIpc) is 3.30. The molecule has 6 heteroatoms. The van der Waals surface area contributed by atoms with Gasteiger partial charge in [-0.25, -0.2) is 0 Å². The minimum absolute atomic E-state index is 0.370. The van der Waals surface area contributed by atoms with Gasteiger partial charge in [0.1, 0.15) is 0 Å². The zero-order valence-electron chi connectivity index (χ0n) is 18.8. The number of nitrogens with zero attached hydrogens (tertiary/aromatic N) is 2. The molecule has 0 bridgehead atoms. The molecule has 0 amide bonds. The lowest BCUT2D eigenvalue weighted by Crippen LogP contribution is -2.45. The Morgan fingerprint density at radius 3 is 2.70 bits per heavy atom. The van der Waals surface area contributed by atoms with Gasteiger partial charge in [-0.3, -0.25) is 9.89 Å². The SMILES string of the molecule is CN=C(NCCCOCC1CCOC1)NCC(c1ccccc1)N1CCC(C)CC1. The van der Waals surface area contributed by atoms with Crippen LogP contribution in [0.25, 0.3) is 0 Å². The Hall–Kier alpha value is -1.63. The van der Waals surface area contributed by atoms with Crippen LogP contribution in [-0.2, 0) is 9.47 Å². The molecule has 2 N–H and O–H groups in total. The van der Waals surface area contributed by atoms with Crippen molar-refractivity contribution in [2.75, 3.05) is 59.7 Å². The second kappa shape index (κ2) is 12.9. The third kappa shape index (κ3) is 7.56. The van der Waals surface area contributed by atoms with Gasteiger partial charge in [0.2, 0.25) is 0 Å². The molecule has 0 aliphatic carbocycles. The van der Waals surface area contributed by atoms with Gasteiger partial charge in [0, 0.05) is 39.3 Å². The number of ether oxygens (including phenoxy) is 2. The minimum Gasteiger partial charge on any atom is -0.381 e. The summed E-state index contributed by atoms with van der Waals surface area (Å²) in [5.41, 5.74) is 1.37. The largest absolute Gasteiger partial charge is 0.381 e. The van der Waals surface area contributed by atoms with Crippen LogP contribution in [0.15, 0.2) is 35.3 Å². The van der Waals surface area contributed by atoms with Crippen molar-refractivity contribution >= 4 is 5.96 Å². The van der Waals surface area contributed by atoms with Crippen molar-refractivity contribution < 1.29 is 9.47 Å². The van der Waals surface area contributed by atoms with E-state index in [1.165, 1.54) is 18.4 Å². The number of hydrogen-bond donors (Lipinski definition) is 2. The van der Waals surface area contributed by atoms with Crippen molar-refractivity contribution in [1.82, 2.24) is 15.5 Å². The summed E-state index contributed by atoms with van der Waals surface area (Å²) in [6.45, 7) is 9.75. The average molecular weight is 417 g/mol. The highest BCUT2D eigenvalue weighted by atomic mass is 16.5. The van der Waals surface area contributed by atoms with Gasteiger partial charge >= 0.3 is 0 Å². The second-order valence-electron chi connectivity index (χ2n) is 8.68. The number of aliphatic imine (C=N–C) groups is 1. The zero-order valence-corrected chi connectivity index (χ0v) is 18.8. The Morgan fingerprint density at radius 2 is 2.00 bits per heavy atom. The van der Waals surface area contributed by atoms with Gasteiger partial charge < -0.3 is 20.1 Å². The molecule has 2 atom stereocenters. The van der Waals surface area contributed by atoms with E-state index in [9.17, 15) is 0 Å². The van der Waals surface area contributed by atoms with Crippen LogP contribution in [0.2, 0.25) is 0 Å². The summed E-state index contributed by atoms with van der Waals surface area (Å²) in [4.78, 5) is 7.03. The number of piperidine rings is 1. The Bertz CT molecular complexity index is 611. The molecular formula is C24H40N4O2. The van der Waals surface area contributed by atoms with E-state index in [0.29, 0.717) is 12.0 Å². The molecule has 0 spiro atoms. The minimum atomic E-state index is 0.370. The molecule has 2 saturated heterocycles. The first-order chi connectivity index (χ1) is 14.8. The van der Waals surface area contributed by atoms with Crippen molar-refractivity contribution in [3.8, 4) is 0 Å². The highest BCUT2D eigenvalue weighted by Gasteiger charge is 2.24. The van der Waals surface area contributed by atoms with Crippen molar-refractivity contribution in [1.29, 1.82) is 0 Å². The predicted molar refractivity (Wildman–Crippen MR) is 123 cm³/mol. The molecule has 0 aromatic heterocycles. The number of nitrogens with one attached hydrogen (secondary N) is 2. The van der Waals surface area contributed by atoms with Gasteiger partial charge in [0.25, 0.3) is 0 Å². The van der Waals surface area contributed by atoms with Crippen LogP contribution < -0.4 is 10.6 Å². The maximum atomic E-state index is 5.79. The fraction of sp³-hybridized carbons (Fsp3) is 0.708. The monoisotopic (exact) mass is 416 g/mol. The van der Waals surface area contributed by atoms with Gasteiger partial charge in [0.05, 0.1) is 19.3 Å². The molecule has 6 nitrogen and oxygen atoms in total. The molecule has 168 valence electrons. The van der Waals surface area contributed by atoms with Crippen molar-refractivity contribution in [3.05, 3.63) is 35.9 Å². The predicted octanol–water partition coefficient (Wildman–Crippen LogP) is 3.07. The van der Waals surface area contributed by atoms with Crippen LogP contribution >= 0.6 is 0 Å². The molecule has 2 unspecified atom stereocenters. The molecule has 2 aliphatic rings. The van der Waals surface area contributed by atoms with Gasteiger partial charge in [-0.05, 0) is 50.3 Å². The first kappa shape index (κ1) is 23.0. The molecule has 0 saturated carbocycles. The highest BCUT2D eigenvalue weighted by Crippen LogP contribution is 2.26. The number of hydrogen-bond acceptors (Lipinski definition) is 4. The molecule has 2 fully saturated rings. The van der Waals surface area contributed by atoms with E-state index >= 15 is 0 Å². The lowest BCUT2D eigenvalue weighted by molar-refractivity contribution is 0.0888. The van der Waals surface area contributed by atoms with Crippen LogP contribution in [0, 0.1) is 11.8 Å². The molecule has 1 aromatic rings. The second-order valence-corrected chi connectivity index (χ2v) is 8.68. The number of rotatable bonds is 10. The first-order valence-electron chi connectivity index (χ1n) is 11.6. The Labute approximate surface area is 182 Å². The summed E-state index contributed by atoms with van der Waals surface area (Å²) in [7, 11) is 1.84. The van der Waals surface area contributed by atoms with E-state index < -0.39 is 0 Å². The third-order valence-electron chi connectivity index (χ3n) is 6.27. The molecule has 30 heavy (non-hydrogen) atoms. The quantitative estimate of drug-likeness (QED) is 0.349. The normalized spacial score (nSPS) is 22.2. The summed E-state index contributed by atoms with van der Waals surface area (Å²) in [5.74, 6) is 2.29. The summed E-state index contributed by atoms with van der Waals surface area (Å²) < 4.78 is 11.2. The van der Waals surface area contributed by atoms with Crippen LogP contribution in [0.3, 0.4) is 0 Å². The van der Waals surface area contributed by atoms with Crippen molar-refractivity contribution in [2.45, 2.75) is 38.6 Å². The summed E-state index contributed by atoms with van der Waals surface area (Å²) in [5, 5.41) is 6.98. The molecule has 0 radical (unpaired) electrons. The first-order valence-corrected chi connectivity index (χ1v) is 11.6. The molecule has 1 aromatic carbocycles. The zero-order chi connectivity index (χ0) is 21.0. The molecule has 2 aliphatic heterocycles. The lowest BCUT2D eigenvalue weighted by Gasteiger charge is -2.37. The van der Waals surface area contributed by atoms with E-state index in [0.717, 1.165) is 77.3 Å². The fourth-order valence-corrected chi connectivity index (χ4v) is 4.23. The number of benzene rings is 1. The third-order valence-corrected chi connectivity index (χ3v) is 6.27. The van der Waals surface area contributed by atoms with Crippen LogP contribution in [0.1, 0.15) is 44.2 Å². The van der Waals surface area contributed by atoms with E-state index in [1.807, 2.05) is 7.05 Å². The van der Waals surface area contributed by atoms with Gasteiger partial charge in [0.15, 0.2) is 5.96 Å². The summed E-state index contributed by atoms with van der Waals surface area (Å²) >= 11 is 0. The van der Waals surface area contributed by atoms with E-state index in [4.69, 9.17) is 9.47 Å². The van der Waals surface area contributed by atoms with Crippen LogP contribution in [0.4, 0.5) is 0 Å². The Balaban J connectivity index is 1.40. The van der Waals surface area contributed by atoms with Gasteiger partial charge in [-0.2, -0.15) is 0 Å². The molecular weight excluding hydrogens is 376 g/mol. The fourth-order valence-electron chi connectivity index (χ4n) is 4.23. The maximum absolute atomic E-state index is 5.79. The van der Waals surface area contributed by atoms with Gasteiger partial charge in [-0.15, -0.1) is 0 Å². The Morgan fingerprint density at radius 1 is 1.20 bits per heavy atom. The van der Waals surface area contributed by atoms with Gasteiger partial charge in [-0.1, -0.05) is 37.3 Å². The maximum Gasteiger partial charge on any atom is 0.191 e. The lowest BCUT2D eigenvalue weighted by atomic mass is 9.95. The smallest absolute Gasteiger partial charge is 0.191 e. The summed E-state index contributed by atoms with van der Waals surface area (Å²) in [6, 6.07) is 11.2. The number of likely N-dealkylation sites (tertiary alicyclic amines) is 1. The number of guanidine groups is 1. The Kier molecular flexibility index (Phi) is 9.93. The highest BCUT2D eigenvalue weighted by molar-refractivity contribution is 5.79. The van der Waals surface area contributed by atoms with E-state index in [1.54, 1.807) is 0 Å². The van der Waals surface area contributed by atoms with Crippen LogP contribution in [0.5, 0.6) is 0 Å². The van der Waals surface area contributed by atoms with E-state index in [-0.39, 0.29) is 0 Å².